The highest BCUT2D eigenvalue weighted by Crippen LogP contribution is 2.09. The van der Waals surface area contributed by atoms with E-state index in [1.54, 1.807) is 6.08 Å². The molecule has 0 saturated heterocycles. The maximum absolute atomic E-state index is 9.18. The van der Waals surface area contributed by atoms with E-state index in [9.17, 15) is 5.11 Å². The molecular weight excluding hydrogens is 176 g/mol. The van der Waals surface area contributed by atoms with Gasteiger partial charge in [-0.05, 0) is 25.0 Å². The van der Waals surface area contributed by atoms with Crippen molar-refractivity contribution in [2.45, 2.75) is 18.9 Å². The molecule has 14 heavy (non-hydrogen) atoms. The molecule has 2 nitrogen and oxygen atoms in total. The quantitative estimate of drug-likeness (QED) is 0.554. The maximum Gasteiger partial charge on any atom is 0.119 e. The van der Waals surface area contributed by atoms with Crippen molar-refractivity contribution in [2.24, 2.45) is 0 Å². The average molecular weight is 192 g/mol. The van der Waals surface area contributed by atoms with E-state index in [1.165, 1.54) is 0 Å². The fourth-order valence-electron chi connectivity index (χ4n) is 1.12. The van der Waals surface area contributed by atoms with Crippen LogP contribution in [0.25, 0.3) is 0 Å². The molecule has 1 atom stereocenters. The molecule has 1 aromatic carbocycles. The van der Waals surface area contributed by atoms with Crippen molar-refractivity contribution in [1.82, 2.24) is 0 Å². The van der Waals surface area contributed by atoms with Crippen molar-refractivity contribution in [1.29, 1.82) is 0 Å². The summed E-state index contributed by atoms with van der Waals surface area (Å²) in [5.74, 6) is 0.876. The van der Waals surface area contributed by atoms with Crippen molar-refractivity contribution < 1.29 is 9.84 Å². The number of hydrogen-bond acceptors (Lipinski definition) is 2. The Kier molecular flexibility index (Phi) is 4.79. The van der Waals surface area contributed by atoms with Crippen LogP contribution in [0.2, 0.25) is 0 Å². The van der Waals surface area contributed by atoms with Crippen LogP contribution in [0.1, 0.15) is 12.8 Å². The van der Waals surface area contributed by atoms with E-state index in [2.05, 4.69) is 6.58 Å². The third-order valence-electron chi connectivity index (χ3n) is 1.93. The van der Waals surface area contributed by atoms with Crippen LogP contribution in [0.4, 0.5) is 0 Å². The van der Waals surface area contributed by atoms with E-state index >= 15 is 0 Å². The Morgan fingerprint density at radius 2 is 2.07 bits per heavy atom. The van der Waals surface area contributed by atoms with E-state index in [1.807, 2.05) is 30.3 Å². The zero-order chi connectivity index (χ0) is 10.2. The Hall–Kier alpha value is -1.28. The largest absolute Gasteiger partial charge is 0.494 e. The highest BCUT2D eigenvalue weighted by molar-refractivity contribution is 5.20. The Morgan fingerprint density at radius 3 is 2.71 bits per heavy atom. The van der Waals surface area contributed by atoms with Gasteiger partial charge < -0.3 is 9.84 Å². The summed E-state index contributed by atoms with van der Waals surface area (Å²) < 4.78 is 5.46. The zero-order valence-electron chi connectivity index (χ0n) is 8.23. The van der Waals surface area contributed by atoms with Crippen LogP contribution >= 0.6 is 0 Å². The third kappa shape index (κ3) is 4.10. The van der Waals surface area contributed by atoms with Crippen LogP contribution in [0.3, 0.4) is 0 Å². The molecule has 0 aliphatic carbocycles. The Labute approximate surface area is 84.8 Å². The minimum absolute atomic E-state index is 0.408. The lowest BCUT2D eigenvalue weighted by Gasteiger charge is -2.07. The fraction of sp³-hybridized carbons (Fsp3) is 0.333. The summed E-state index contributed by atoms with van der Waals surface area (Å²) >= 11 is 0. The third-order valence-corrected chi connectivity index (χ3v) is 1.93. The van der Waals surface area contributed by atoms with Gasteiger partial charge in [-0.15, -0.1) is 6.58 Å². The second-order valence-electron chi connectivity index (χ2n) is 3.11. The van der Waals surface area contributed by atoms with E-state index < -0.39 is 6.10 Å². The number of aliphatic hydroxyl groups excluding tert-OH is 1. The van der Waals surface area contributed by atoms with Gasteiger partial charge in [0.15, 0.2) is 0 Å². The summed E-state index contributed by atoms with van der Waals surface area (Å²) in [6.45, 7) is 4.14. The normalized spacial score (nSPS) is 12.1. The molecule has 1 aromatic rings. The zero-order valence-corrected chi connectivity index (χ0v) is 8.23. The summed E-state index contributed by atoms with van der Waals surface area (Å²) in [4.78, 5) is 0. The number of hydrogen-bond donors (Lipinski definition) is 1. The number of para-hydroxylation sites is 1. The molecular formula is C12H16O2. The van der Waals surface area contributed by atoms with Gasteiger partial charge >= 0.3 is 0 Å². The topological polar surface area (TPSA) is 29.5 Å². The van der Waals surface area contributed by atoms with Gasteiger partial charge in [-0.2, -0.15) is 0 Å². The van der Waals surface area contributed by atoms with Gasteiger partial charge in [-0.3, -0.25) is 0 Å². The molecule has 1 N–H and O–H groups in total. The number of ether oxygens (including phenoxy) is 1. The predicted molar refractivity (Wildman–Crippen MR) is 57.4 cm³/mol. The van der Waals surface area contributed by atoms with Crippen molar-refractivity contribution in [3.8, 4) is 5.75 Å². The molecule has 0 heterocycles. The van der Waals surface area contributed by atoms with Gasteiger partial charge in [0.05, 0.1) is 12.7 Å². The highest BCUT2D eigenvalue weighted by atomic mass is 16.5. The summed E-state index contributed by atoms with van der Waals surface area (Å²) in [6, 6.07) is 9.67. The second kappa shape index (κ2) is 6.22. The summed E-state index contributed by atoms with van der Waals surface area (Å²) in [5.41, 5.74) is 0. The Bertz CT molecular complexity index is 256. The smallest absolute Gasteiger partial charge is 0.119 e. The van der Waals surface area contributed by atoms with Crippen LogP contribution in [0, 0.1) is 0 Å². The van der Waals surface area contributed by atoms with E-state index in [4.69, 9.17) is 4.74 Å². The molecule has 1 rings (SSSR count). The van der Waals surface area contributed by atoms with Gasteiger partial charge in [0.25, 0.3) is 0 Å². The first-order chi connectivity index (χ1) is 6.83. The van der Waals surface area contributed by atoms with Gasteiger partial charge in [0.1, 0.15) is 5.75 Å². The van der Waals surface area contributed by atoms with Crippen LogP contribution in [-0.2, 0) is 0 Å². The molecule has 0 aliphatic heterocycles. The van der Waals surface area contributed by atoms with E-state index in [0.29, 0.717) is 13.0 Å². The summed E-state index contributed by atoms with van der Waals surface area (Å²) in [5, 5.41) is 9.18. The minimum atomic E-state index is -0.408. The van der Waals surface area contributed by atoms with Gasteiger partial charge in [-0.25, -0.2) is 0 Å². The van der Waals surface area contributed by atoms with Crippen LogP contribution < -0.4 is 4.74 Å². The molecule has 1 unspecified atom stereocenters. The maximum atomic E-state index is 9.18. The molecule has 0 aliphatic rings. The molecule has 0 aromatic heterocycles. The number of rotatable bonds is 6. The average Bonchev–Trinajstić information content (AvgIpc) is 2.25. The van der Waals surface area contributed by atoms with E-state index in [0.717, 1.165) is 12.2 Å². The monoisotopic (exact) mass is 192 g/mol. The molecule has 76 valence electrons. The first kappa shape index (κ1) is 10.8. The van der Waals surface area contributed by atoms with Crippen molar-refractivity contribution in [2.75, 3.05) is 6.61 Å². The van der Waals surface area contributed by atoms with Crippen molar-refractivity contribution >= 4 is 0 Å². The SMILES string of the molecule is C=CC(O)CCCOc1ccccc1. The molecule has 0 amide bonds. The lowest BCUT2D eigenvalue weighted by Crippen LogP contribution is -2.05. The fourth-order valence-corrected chi connectivity index (χ4v) is 1.12. The van der Waals surface area contributed by atoms with Crippen molar-refractivity contribution in [3.05, 3.63) is 43.0 Å². The number of aliphatic hydroxyl groups is 1. The molecule has 0 bridgehead atoms. The van der Waals surface area contributed by atoms with Crippen molar-refractivity contribution in [3.63, 3.8) is 0 Å². The molecule has 2 heteroatoms. The van der Waals surface area contributed by atoms with Crippen LogP contribution in [0.15, 0.2) is 43.0 Å². The molecule has 0 fully saturated rings. The molecule has 0 spiro atoms. The van der Waals surface area contributed by atoms with E-state index in [-0.39, 0.29) is 0 Å². The standard InChI is InChI=1S/C12H16O2/c1-2-11(13)7-6-10-14-12-8-4-3-5-9-12/h2-5,8-9,11,13H,1,6-7,10H2. The van der Waals surface area contributed by atoms with Gasteiger partial charge in [-0.1, -0.05) is 24.3 Å². The van der Waals surface area contributed by atoms with Gasteiger partial charge in [0, 0.05) is 0 Å². The molecule has 0 saturated carbocycles. The first-order valence-corrected chi connectivity index (χ1v) is 4.81. The lowest BCUT2D eigenvalue weighted by atomic mass is 10.2. The van der Waals surface area contributed by atoms with Gasteiger partial charge in [0.2, 0.25) is 0 Å². The number of benzene rings is 1. The Morgan fingerprint density at radius 1 is 1.36 bits per heavy atom. The summed E-state index contributed by atoms with van der Waals surface area (Å²) in [6.07, 6.45) is 2.68. The lowest BCUT2D eigenvalue weighted by molar-refractivity contribution is 0.195. The summed E-state index contributed by atoms with van der Waals surface area (Å²) in [7, 11) is 0. The van der Waals surface area contributed by atoms with Crippen LogP contribution in [0.5, 0.6) is 5.75 Å². The molecule has 0 radical (unpaired) electrons. The Balaban J connectivity index is 2.13. The second-order valence-corrected chi connectivity index (χ2v) is 3.11. The predicted octanol–water partition coefficient (Wildman–Crippen LogP) is 2.39. The highest BCUT2D eigenvalue weighted by Gasteiger charge is 1.97. The minimum Gasteiger partial charge on any atom is -0.494 e. The van der Waals surface area contributed by atoms with Crippen LogP contribution in [-0.4, -0.2) is 17.8 Å². The first-order valence-electron chi connectivity index (χ1n) is 4.81.